The van der Waals surface area contributed by atoms with Crippen molar-refractivity contribution in [3.8, 4) is 0 Å². The highest BCUT2D eigenvalue weighted by Gasteiger charge is 2.12. The number of carbonyl (C=O) groups is 1. The van der Waals surface area contributed by atoms with Crippen LogP contribution in [0.3, 0.4) is 0 Å². The highest BCUT2D eigenvalue weighted by Crippen LogP contribution is 2.30. The number of carbonyl (C=O) groups excluding carboxylic acids is 1. The van der Waals surface area contributed by atoms with Crippen LogP contribution in [0.4, 0.5) is 0 Å². The van der Waals surface area contributed by atoms with Gasteiger partial charge in [0.1, 0.15) is 5.82 Å². The molecule has 0 aliphatic carbocycles. The Morgan fingerprint density at radius 1 is 1.21 bits per heavy atom. The SMILES string of the molecule is O=C(NCCc1nnc2ccccn12)c1cc2c(Cl)cccc2s1. The maximum absolute atomic E-state index is 12.3. The molecule has 7 heteroatoms. The molecule has 0 spiro atoms. The number of hydrogen-bond donors (Lipinski definition) is 1. The predicted octanol–water partition coefficient (Wildman–Crippen LogP) is 3.57. The van der Waals surface area contributed by atoms with Crippen molar-refractivity contribution in [2.75, 3.05) is 6.54 Å². The topological polar surface area (TPSA) is 59.3 Å². The Bertz CT molecular complexity index is 1040. The molecule has 0 unspecified atom stereocenters. The molecule has 5 nitrogen and oxygen atoms in total. The number of hydrogen-bond acceptors (Lipinski definition) is 4. The zero-order chi connectivity index (χ0) is 16.5. The minimum Gasteiger partial charge on any atom is -0.351 e. The van der Waals surface area contributed by atoms with Gasteiger partial charge in [-0.3, -0.25) is 9.20 Å². The molecule has 4 rings (SSSR count). The second kappa shape index (κ2) is 6.22. The number of thiophene rings is 1. The standard InChI is InChI=1S/C17H13ClN4OS/c18-12-4-3-5-13-11(12)10-14(24-13)17(23)19-8-7-16-21-20-15-6-1-2-9-22(15)16/h1-6,9-10H,7-8H2,(H,19,23). The minimum atomic E-state index is -0.0962. The first-order valence-electron chi connectivity index (χ1n) is 7.47. The van der Waals surface area contributed by atoms with E-state index >= 15 is 0 Å². The van der Waals surface area contributed by atoms with E-state index in [2.05, 4.69) is 15.5 Å². The van der Waals surface area contributed by atoms with Gasteiger partial charge in [0, 0.05) is 34.3 Å². The summed E-state index contributed by atoms with van der Waals surface area (Å²) in [7, 11) is 0. The zero-order valence-electron chi connectivity index (χ0n) is 12.6. The van der Waals surface area contributed by atoms with Crippen LogP contribution in [-0.2, 0) is 6.42 Å². The molecule has 1 aromatic carbocycles. The summed E-state index contributed by atoms with van der Waals surface area (Å²) in [6.45, 7) is 0.497. The van der Waals surface area contributed by atoms with Crippen LogP contribution in [0.2, 0.25) is 5.02 Å². The summed E-state index contributed by atoms with van der Waals surface area (Å²) in [6, 6.07) is 13.3. The molecular weight excluding hydrogens is 344 g/mol. The number of fused-ring (bicyclic) bond motifs is 2. The van der Waals surface area contributed by atoms with Crippen LogP contribution in [0, 0.1) is 0 Å². The van der Waals surface area contributed by atoms with Gasteiger partial charge in [-0.2, -0.15) is 0 Å². The molecule has 120 valence electrons. The Morgan fingerprint density at radius 2 is 2.12 bits per heavy atom. The maximum Gasteiger partial charge on any atom is 0.261 e. The van der Waals surface area contributed by atoms with Gasteiger partial charge in [0.2, 0.25) is 0 Å². The van der Waals surface area contributed by atoms with Crippen molar-refractivity contribution in [3.05, 3.63) is 64.4 Å². The molecule has 0 atom stereocenters. The normalized spacial score (nSPS) is 11.2. The van der Waals surface area contributed by atoms with Crippen LogP contribution in [0.1, 0.15) is 15.5 Å². The molecule has 0 saturated heterocycles. The molecule has 0 saturated carbocycles. The van der Waals surface area contributed by atoms with Gasteiger partial charge in [0.25, 0.3) is 5.91 Å². The van der Waals surface area contributed by atoms with Crippen molar-refractivity contribution < 1.29 is 4.79 Å². The fraction of sp³-hybridized carbons (Fsp3) is 0.118. The number of nitrogens with zero attached hydrogens (tertiary/aromatic N) is 3. The van der Waals surface area contributed by atoms with Crippen LogP contribution in [0.25, 0.3) is 15.7 Å². The van der Waals surface area contributed by atoms with E-state index in [1.807, 2.05) is 53.1 Å². The van der Waals surface area contributed by atoms with E-state index in [0.29, 0.717) is 22.9 Å². The fourth-order valence-corrected chi connectivity index (χ4v) is 3.86. The van der Waals surface area contributed by atoms with Gasteiger partial charge in [0.05, 0.1) is 4.88 Å². The molecule has 0 bridgehead atoms. The Balaban J connectivity index is 1.45. The average Bonchev–Trinajstić information content (AvgIpc) is 3.20. The fourth-order valence-electron chi connectivity index (χ4n) is 2.57. The molecule has 1 amide bonds. The first-order chi connectivity index (χ1) is 11.7. The van der Waals surface area contributed by atoms with Gasteiger partial charge in [-0.05, 0) is 30.3 Å². The van der Waals surface area contributed by atoms with Crippen molar-refractivity contribution in [2.24, 2.45) is 0 Å². The first kappa shape index (κ1) is 15.1. The molecule has 0 fully saturated rings. The Labute approximate surface area is 146 Å². The van der Waals surface area contributed by atoms with Crippen LogP contribution < -0.4 is 5.32 Å². The highest BCUT2D eigenvalue weighted by molar-refractivity contribution is 7.20. The lowest BCUT2D eigenvalue weighted by Gasteiger charge is -2.02. The van der Waals surface area contributed by atoms with E-state index in [-0.39, 0.29) is 5.91 Å². The number of pyridine rings is 1. The molecule has 3 aromatic heterocycles. The molecule has 1 N–H and O–H groups in total. The first-order valence-corrected chi connectivity index (χ1v) is 8.67. The van der Waals surface area contributed by atoms with Gasteiger partial charge >= 0.3 is 0 Å². The maximum atomic E-state index is 12.3. The monoisotopic (exact) mass is 356 g/mol. The Kier molecular flexibility index (Phi) is 3.92. The summed E-state index contributed by atoms with van der Waals surface area (Å²) < 4.78 is 2.93. The molecule has 4 aromatic rings. The van der Waals surface area contributed by atoms with E-state index < -0.39 is 0 Å². The minimum absolute atomic E-state index is 0.0962. The second-order valence-electron chi connectivity index (χ2n) is 5.31. The quantitative estimate of drug-likeness (QED) is 0.608. The highest BCUT2D eigenvalue weighted by atomic mass is 35.5. The van der Waals surface area contributed by atoms with E-state index in [9.17, 15) is 4.79 Å². The van der Waals surface area contributed by atoms with Crippen molar-refractivity contribution in [3.63, 3.8) is 0 Å². The molecule has 3 heterocycles. The van der Waals surface area contributed by atoms with E-state index in [1.165, 1.54) is 11.3 Å². The lowest BCUT2D eigenvalue weighted by atomic mass is 10.2. The van der Waals surface area contributed by atoms with Crippen LogP contribution >= 0.6 is 22.9 Å². The summed E-state index contributed by atoms with van der Waals surface area (Å²) in [6.07, 6.45) is 2.53. The Hall–Kier alpha value is -2.44. The van der Waals surface area contributed by atoms with Crippen molar-refractivity contribution in [1.82, 2.24) is 19.9 Å². The van der Waals surface area contributed by atoms with Crippen LogP contribution in [0.15, 0.2) is 48.7 Å². The van der Waals surface area contributed by atoms with Crippen LogP contribution in [0.5, 0.6) is 0 Å². The largest absolute Gasteiger partial charge is 0.351 e. The molecular formula is C17H13ClN4OS. The third-order valence-corrected chi connectivity index (χ3v) is 5.18. The van der Waals surface area contributed by atoms with E-state index in [4.69, 9.17) is 11.6 Å². The van der Waals surface area contributed by atoms with Crippen molar-refractivity contribution in [2.45, 2.75) is 6.42 Å². The third-order valence-electron chi connectivity index (χ3n) is 3.75. The molecule has 0 aliphatic heterocycles. The van der Waals surface area contributed by atoms with Gasteiger partial charge in [-0.25, -0.2) is 0 Å². The summed E-state index contributed by atoms with van der Waals surface area (Å²) in [5.41, 5.74) is 0.804. The lowest BCUT2D eigenvalue weighted by Crippen LogP contribution is -2.25. The third kappa shape index (κ3) is 2.74. The average molecular weight is 357 g/mol. The van der Waals surface area contributed by atoms with Crippen molar-refractivity contribution in [1.29, 1.82) is 0 Å². The number of amides is 1. The summed E-state index contributed by atoms with van der Waals surface area (Å²) >= 11 is 7.60. The zero-order valence-corrected chi connectivity index (χ0v) is 14.1. The van der Waals surface area contributed by atoms with Crippen molar-refractivity contribution >= 4 is 44.6 Å². The molecule has 0 radical (unpaired) electrons. The van der Waals surface area contributed by atoms with Gasteiger partial charge < -0.3 is 5.32 Å². The Morgan fingerprint density at radius 3 is 3.00 bits per heavy atom. The summed E-state index contributed by atoms with van der Waals surface area (Å²) in [5.74, 6) is 0.728. The van der Waals surface area contributed by atoms with Crippen LogP contribution in [-0.4, -0.2) is 27.0 Å². The second-order valence-corrected chi connectivity index (χ2v) is 6.80. The van der Waals surface area contributed by atoms with E-state index in [0.717, 1.165) is 21.6 Å². The lowest BCUT2D eigenvalue weighted by molar-refractivity contribution is 0.0958. The van der Waals surface area contributed by atoms with E-state index in [1.54, 1.807) is 0 Å². The van der Waals surface area contributed by atoms with Gasteiger partial charge in [-0.1, -0.05) is 23.7 Å². The van der Waals surface area contributed by atoms with Gasteiger partial charge in [-0.15, -0.1) is 21.5 Å². The number of halogens is 1. The molecule has 0 aliphatic rings. The smallest absolute Gasteiger partial charge is 0.261 e. The van der Waals surface area contributed by atoms with Gasteiger partial charge in [0.15, 0.2) is 5.65 Å². The number of rotatable bonds is 4. The number of nitrogens with one attached hydrogen (secondary N) is 1. The summed E-state index contributed by atoms with van der Waals surface area (Å²) in [5, 5.41) is 12.8. The predicted molar refractivity (Wildman–Crippen MR) is 95.9 cm³/mol. The summed E-state index contributed by atoms with van der Waals surface area (Å²) in [4.78, 5) is 13.0. The number of aromatic nitrogens is 3. The molecule has 24 heavy (non-hydrogen) atoms. The number of benzene rings is 1.